The van der Waals surface area contributed by atoms with Crippen LogP contribution in [0.25, 0.3) is 0 Å². The first-order valence-electron chi connectivity index (χ1n) is 6.55. The van der Waals surface area contributed by atoms with E-state index in [1.165, 1.54) is 0 Å². The van der Waals surface area contributed by atoms with Gasteiger partial charge in [-0.15, -0.1) is 0 Å². The van der Waals surface area contributed by atoms with Crippen LogP contribution < -0.4 is 5.73 Å². The molecule has 0 aliphatic carbocycles. The third kappa shape index (κ3) is 6.03. The van der Waals surface area contributed by atoms with Gasteiger partial charge < -0.3 is 15.2 Å². The van der Waals surface area contributed by atoms with Crippen molar-refractivity contribution in [1.29, 1.82) is 0 Å². The van der Waals surface area contributed by atoms with Crippen molar-refractivity contribution in [2.75, 3.05) is 26.4 Å². The quantitative estimate of drug-likeness (QED) is 0.690. The van der Waals surface area contributed by atoms with Gasteiger partial charge in [0.2, 0.25) is 0 Å². The summed E-state index contributed by atoms with van der Waals surface area (Å²) < 4.78 is 10.5. The minimum absolute atomic E-state index is 0.118. The first-order chi connectivity index (χ1) is 8.11. The summed E-state index contributed by atoms with van der Waals surface area (Å²) in [4.78, 5) is 11.6. The molecule has 2 atom stereocenters. The van der Waals surface area contributed by atoms with Crippen LogP contribution in [-0.2, 0) is 14.3 Å². The molecule has 0 saturated carbocycles. The summed E-state index contributed by atoms with van der Waals surface area (Å²) in [5, 5.41) is 0. The van der Waals surface area contributed by atoms with Gasteiger partial charge in [0, 0.05) is 18.9 Å². The van der Waals surface area contributed by atoms with Crippen LogP contribution in [-0.4, -0.2) is 32.3 Å². The number of carbonyl (C=O) groups is 1. The Balaban J connectivity index is 2.17. The molecule has 1 rings (SSSR count). The SMILES string of the molecule is CC(C)C[C@H](CN)CC(=O)OCC1CCOC1. The van der Waals surface area contributed by atoms with E-state index in [9.17, 15) is 4.79 Å². The maximum absolute atomic E-state index is 11.6. The topological polar surface area (TPSA) is 61.6 Å². The van der Waals surface area contributed by atoms with E-state index in [4.69, 9.17) is 15.2 Å². The maximum Gasteiger partial charge on any atom is 0.306 e. The lowest BCUT2D eigenvalue weighted by molar-refractivity contribution is -0.146. The highest BCUT2D eigenvalue weighted by Gasteiger charge is 2.19. The third-order valence-corrected chi connectivity index (χ3v) is 3.10. The minimum atomic E-state index is -0.118. The summed E-state index contributed by atoms with van der Waals surface area (Å²) in [5.74, 6) is 1.09. The molecular formula is C13H25NO3. The fourth-order valence-corrected chi connectivity index (χ4v) is 2.15. The van der Waals surface area contributed by atoms with Gasteiger partial charge in [0.25, 0.3) is 0 Å². The Bertz CT molecular complexity index is 225. The molecule has 1 aliphatic heterocycles. The number of hydrogen-bond acceptors (Lipinski definition) is 4. The second-order valence-electron chi connectivity index (χ2n) is 5.35. The fourth-order valence-electron chi connectivity index (χ4n) is 2.15. The lowest BCUT2D eigenvalue weighted by Crippen LogP contribution is -2.22. The van der Waals surface area contributed by atoms with Crippen LogP contribution in [0.1, 0.15) is 33.1 Å². The molecule has 0 bridgehead atoms. The zero-order valence-corrected chi connectivity index (χ0v) is 11.0. The number of rotatable bonds is 7. The van der Waals surface area contributed by atoms with Crippen LogP contribution in [0.5, 0.6) is 0 Å². The predicted octanol–water partition coefficient (Wildman–Crippen LogP) is 1.58. The van der Waals surface area contributed by atoms with E-state index in [2.05, 4.69) is 13.8 Å². The van der Waals surface area contributed by atoms with Crippen molar-refractivity contribution in [3.05, 3.63) is 0 Å². The van der Waals surface area contributed by atoms with E-state index < -0.39 is 0 Å². The highest BCUT2D eigenvalue weighted by molar-refractivity contribution is 5.69. The van der Waals surface area contributed by atoms with Gasteiger partial charge >= 0.3 is 5.97 Å². The molecule has 1 unspecified atom stereocenters. The van der Waals surface area contributed by atoms with Gasteiger partial charge in [0.1, 0.15) is 0 Å². The van der Waals surface area contributed by atoms with Crippen LogP contribution in [0.4, 0.5) is 0 Å². The maximum atomic E-state index is 11.6. The molecule has 0 radical (unpaired) electrons. The van der Waals surface area contributed by atoms with E-state index in [-0.39, 0.29) is 11.9 Å². The van der Waals surface area contributed by atoms with Gasteiger partial charge in [-0.2, -0.15) is 0 Å². The van der Waals surface area contributed by atoms with Crippen LogP contribution in [0.3, 0.4) is 0 Å². The van der Waals surface area contributed by atoms with E-state index in [0.29, 0.717) is 31.4 Å². The van der Waals surface area contributed by atoms with Gasteiger partial charge in [-0.25, -0.2) is 0 Å². The molecule has 0 aromatic carbocycles. The molecule has 0 spiro atoms. The summed E-state index contributed by atoms with van der Waals surface area (Å²) in [6, 6.07) is 0. The van der Waals surface area contributed by atoms with Crippen molar-refractivity contribution >= 4 is 5.97 Å². The standard InChI is InChI=1S/C13H25NO3/c1-10(2)5-12(7-14)6-13(15)17-9-11-3-4-16-8-11/h10-12H,3-9,14H2,1-2H3/t11?,12-/m0/s1. The Hall–Kier alpha value is -0.610. The Morgan fingerprint density at radius 1 is 1.53 bits per heavy atom. The molecular weight excluding hydrogens is 218 g/mol. The van der Waals surface area contributed by atoms with Gasteiger partial charge in [-0.3, -0.25) is 4.79 Å². The molecule has 4 heteroatoms. The molecule has 0 amide bonds. The molecule has 1 heterocycles. The molecule has 1 aliphatic rings. The van der Waals surface area contributed by atoms with Crippen molar-refractivity contribution in [2.45, 2.75) is 33.1 Å². The normalized spacial score (nSPS) is 21.8. The highest BCUT2D eigenvalue weighted by atomic mass is 16.5. The number of esters is 1. The zero-order chi connectivity index (χ0) is 12.7. The number of hydrogen-bond donors (Lipinski definition) is 1. The lowest BCUT2D eigenvalue weighted by atomic mass is 9.94. The fraction of sp³-hybridized carbons (Fsp3) is 0.923. The summed E-state index contributed by atoms with van der Waals surface area (Å²) in [6.07, 6.45) is 2.43. The van der Waals surface area contributed by atoms with Crippen molar-refractivity contribution in [1.82, 2.24) is 0 Å². The van der Waals surface area contributed by atoms with Crippen molar-refractivity contribution in [2.24, 2.45) is 23.5 Å². The summed E-state index contributed by atoms with van der Waals surface area (Å²) in [7, 11) is 0. The molecule has 1 saturated heterocycles. The van der Waals surface area contributed by atoms with E-state index in [0.717, 1.165) is 26.1 Å². The van der Waals surface area contributed by atoms with E-state index >= 15 is 0 Å². The average molecular weight is 243 g/mol. The largest absolute Gasteiger partial charge is 0.465 e. The monoisotopic (exact) mass is 243 g/mol. The van der Waals surface area contributed by atoms with E-state index in [1.54, 1.807) is 0 Å². The zero-order valence-electron chi connectivity index (χ0n) is 11.0. The molecule has 17 heavy (non-hydrogen) atoms. The number of nitrogens with two attached hydrogens (primary N) is 1. The van der Waals surface area contributed by atoms with Crippen LogP contribution in [0, 0.1) is 17.8 Å². The Labute approximate surface area is 104 Å². The first-order valence-corrected chi connectivity index (χ1v) is 6.55. The Kier molecular flexibility index (Phi) is 6.52. The van der Waals surface area contributed by atoms with E-state index in [1.807, 2.05) is 0 Å². The average Bonchev–Trinajstić information content (AvgIpc) is 2.77. The Morgan fingerprint density at radius 2 is 2.29 bits per heavy atom. The second-order valence-corrected chi connectivity index (χ2v) is 5.35. The number of carbonyl (C=O) groups excluding carboxylic acids is 1. The van der Waals surface area contributed by atoms with Crippen LogP contribution in [0.15, 0.2) is 0 Å². The van der Waals surface area contributed by atoms with Crippen LogP contribution >= 0.6 is 0 Å². The molecule has 0 aromatic heterocycles. The van der Waals surface area contributed by atoms with Gasteiger partial charge in [-0.05, 0) is 31.2 Å². The van der Waals surface area contributed by atoms with Gasteiger partial charge in [-0.1, -0.05) is 13.8 Å². The van der Waals surface area contributed by atoms with Crippen LogP contribution in [0.2, 0.25) is 0 Å². The Morgan fingerprint density at radius 3 is 2.82 bits per heavy atom. The van der Waals surface area contributed by atoms with Crippen molar-refractivity contribution in [3.63, 3.8) is 0 Å². The minimum Gasteiger partial charge on any atom is -0.465 e. The molecule has 100 valence electrons. The van der Waals surface area contributed by atoms with Gasteiger partial charge in [0.15, 0.2) is 0 Å². The summed E-state index contributed by atoms with van der Waals surface area (Å²) in [6.45, 7) is 6.85. The summed E-state index contributed by atoms with van der Waals surface area (Å²) >= 11 is 0. The first kappa shape index (κ1) is 14.5. The van der Waals surface area contributed by atoms with Crippen molar-refractivity contribution in [3.8, 4) is 0 Å². The number of ether oxygens (including phenoxy) is 2. The molecule has 2 N–H and O–H groups in total. The third-order valence-electron chi connectivity index (χ3n) is 3.10. The summed E-state index contributed by atoms with van der Waals surface area (Å²) in [5.41, 5.74) is 5.66. The molecule has 4 nitrogen and oxygen atoms in total. The molecule has 1 fully saturated rings. The molecule has 0 aromatic rings. The van der Waals surface area contributed by atoms with Gasteiger partial charge in [0.05, 0.1) is 13.2 Å². The highest BCUT2D eigenvalue weighted by Crippen LogP contribution is 2.16. The predicted molar refractivity (Wildman–Crippen MR) is 66.5 cm³/mol. The second kappa shape index (κ2) is 7.67. The smallest absolute Gasteiger partial charge is 0.306 e. The lowest BCUT2D eigenvalue weighted by Gasteiger charge is -2.16. The van der Waals surface area contributed by atoms with Crippen molar-refractivity contribution < 1.29 is 14.3 Å².